The van der Waals surface area contributed by atoms with E-state index in [0.717, 1.165) is 9.15 Å². The van der Waals surface area contributed by atoms with Crippen LogP contribution < -0.4 is 0 Å². The lowest BCUT2D eigenvalue weighted by molar-refractivity contribution is -0.136. The van der Waals surface area contributed by atoms with Crippen LogP contribution in [0.3, 0.4) is 0 Å². The Balaban J connectivity index is 2.63. The number of carbonyl (C=O) groups is 1. The first-order valence-electron chi connectivity index (χ1n) is 4.10. The molecule has 1 rings (SSSR count). The Hall–Kier alpha value is 0.370. The van der Waals surface area contributed by atoms with Gasteiger partial charge in [0, 0.05) is 16.4 Å². The van der Waals surface area contributed by atoms with Gasteiger partial charge in [-0.3, -0.25) is 4.79 Å². The molecular weight excluding hydrogens is 410 g/mol. The fourth-order valence-electron chi connectivity index (χ4n) is 1.30. The number of hydrogen-bond donors (Lipinski definition) is 2. The van der Waals surface area contributed by atoms with Gasteiger partial charge >= 0.3 is 5.97 Å². The summed E-state index contributed by atoms with van der Waals surface area (Å²) in [4.78, 5) is 10.4. The Morgan fingerprint density at radius 2 is 2.29 bits per heavy atom. The van der Waals surface area contributed by atoms with E-state index in [2.05, 4.69) is 22.6 Å². The van der Waals surface area contributed by atoms with Crippen molar-refractivity contribution in [1.29, 1.82) is 0 Å². The number of carboxylic acid groups (broad SMARTS) is 1. The van der Waals surface area contributed by atoms with Crippen molar-refractivity contribution >= 4 is 51.2 Å². The predicted octanol–water partition coefficient (Wildman–Crippen LogP) is 2.62. The van der Waals surface area contributed by atoms with E-state index in [1.54, 1.807) is 6.08 Å². The largest absolute Gasteiger partial charge is 0.481 e. The van der Waals surface area contributed by atoms with E-state index in [4.69, 9.17) is 5.11 Å². The third kappa shape index (κ3) is 4.26. The van der Waals surface area contributed by atoms with Crippen molar-refractivity contribution in [1.82, 2.24) is 0 Å². The molecule has 0 bridgehead atoms. The molecule has 0 aromatic carbocycles. The minimum Gasteiger partial charge on any atom is -0.481 e. The molecule has 14 heavy (non-hydrogen) atoms. The van der Waals surface area contributed by atoms with E-state index in [-0.39, 0.29) is 6.42 Å². The fourth-order valence-corrected chi connectivity index (χ4v) is 3.67. The lowest BCUT2D eigenvalue weighted by Crippen LogP contribution is -2.20. The molecule has 0 heterocycles. The van der Waals surface area contributed by atoms with Gasteiger partial charge in [-0.2, -0.15) is 0 Å². The molecule has 0 radical (unpaired) electrons. The van der Waals surface area contributed by atoms with Gasteiger partial charge in [-0.1, -0.05) is 5.57 Å². The smallest absolute Gasteiger partial charge is 0.303 e. The average molecular weight is 420 g/mol. The van der Waals surface area contributed by atoms with Crippen molar-refractivity contribution in [2.45, 2.75) is 22.9 Å². The Morgan fingerprint density at radius 1 is 1.64 bits per heavy atom. The molecule has 0 aliphatic heterocycles. The van der Waals surface area contributed by atoms with Crippen molar-refractivity contribution in [3.63, 3.8) is 0 Å². The number of hydrogen-bond acceptors (Lipinski definition) is 2. The average Bonchev–Trinajstić information content (AvgIpc) is 1.96. The molecule has 1 atom stereocenters. The minimum atomic E-state index is -0.850. The lowest BCUT2D eigenvalue weighted by atomic mass is 9.98. The van der Waals surface area contributed by atoms with Crippen LogP contribution in [-0.2, 0) is 4.79 Å². The SMILES string of the molecule is O=C(O)CCC1=CC(I)=CC(O)(I)C1. The molecule has 1 unspecified atom stereocenters. The van der Waals surface area contributed by atoms with E-state index >= 15 is 0 Å². The maximum atomic E-state index is 10.4. The van der Waals surface area contributed by atoms with E-state index < -0.39 is 9.58 Å². The highest BCUT2D eigenvalue weighted by Gasteiger charge is 2.25. The predicted molar refractivity (Wildman–Crippen MR) is 70.6 cm³/mol. The topological polar surface area (TPSA) is 57.5 Å². The van der Waals surface area contributed by atoms with Gasteiger partial charge in [-0.15, -0.1) is 0 Å². The highest BCUT2D eigenvalue weighted by atomic mass is 127. The Morgan fingerprint density at radius 3 is 2.79 bits per heavy atom. The van der Waals surface area contributed by atoms with Crippen molar-refractivity contribution in [2.75, 3.05) is 0 Å². The summed E-state index contributed by atoms with van der Waals surface area (Å²) in [7, 11) is 0. The molecule has 1 aliphatic rings. The van der Waals surface area contributed by atoms with Gasteiger partial charge in [0.1, 0.15) is 3.61 Å². The van der Waals surface area contributed by atoms with Gasteiger partial charge in [-0.05, 0) is 63.8 Å². The molecule has 0 saturated heterocycles. The van der Waals surface area contributed by atoms with Crippen LogP contribution in [0.15, 0.2) is 21.3 Å². The highest BCUT2D eigenvalue weighted by Crippen LogP contribution is 2.35. The molecule has 5 heteroatoms. The summed E-state index contributed by atoms with van der Waals surface area (Å²) in [6.07, 6.45) is 4.88. The summed E-state index contributed by atoms with van der Waals surface area (Å²) < 4.78 is 0.114. The normalized spacial score (nSPS) is 26.8. The van der Waals surface area contributed by atoms with Crippen LogP contribution in [0.1, 0.15) is 19.3 Å². The van der Waals surface area contributed by atoms with Crippen LogP contribution in [0.5, 0.6) is 0 Å². The molecule has 0 spiro atoms. The molecule has 0 aromatic heterocycles. The van der Waals surface area contributed by atoms with Crippen molar-refractivity contribution < 1.29 is 15.0 Å². The Labute approximate surface area is 110 Å². The number of halogens is 2. The van der Waals surface area contributed by atoms with E-state index in [0.29, 0.717) is 12.8 Å². The van der Waals surface area contributed by atoms with Crippen molar-refractivity contribution in [2.24, 2.45) is 0 Å². The van der Waals surface area contributed by atoms with Crippen molar-refractivity contribution in [3.05, 3.63) is 21.3 Å². The zero-order valence-corrected chi connectivity index (χ0v) is 11.6. The highest BCUT2D eigenvalue weighted by molar-refractivity contribution is 14.1. The van der Waals surface area contributed by atoms with Crippen LogP contribution in [0.2, 0.25) is 0 Å². The van der Waals surface area contributed by atoms with Crippen LogP contribution in [0.4, 0.5) is 0 Å². The first kappa shape index (κ1) is 12.4. The second-order valence-corrected chi connectivity index (χ2v) is 6.33. The second kappa shape index (κ2) is 4.93. The molecule has 1 aliphatic carbocycles. The molecule has 78 valence electrons. The monoisotopic (exact) mass is 420 g/mol. The maximum Gasteiger partial charge on any atom is 0.303 e. The summed E-state index contributed by atoms with van der Waals surface area (Å²) in [5.41, 5.74) is 0.996. The summed E-state index contributed by atoms with van der Waals surface area (Å²) in [6.45, 7) is 0. The van der Waals surface area contributed by atoms with Crippen LogP contribution in [0.25, 0.3) is 0 Å². The summed E-state index contributed by atoms with van der Waals surface area (Å²) in [5, 5.41) is 18.3. The van der Waals surface area contributed by atoms with Gasteiger partial charge in [0.2, 0.25) is 0 Å². The summed E-state index contributed by atoms with van der Waals surface area (Å²) in [6, 6.07) is 0. The van der Waals surface area contributed by atoms with E-state index in [1.807, 2.05) is 28.7 Å². The third-order valence-corrected chi connectivity index (χ3v) is 3.15. The molecule has 3 nitrogen and oxygen atoms in total. The molecule has 0 fully saturated rings. The number of aliphatic carboxylic acids is 1. The van der Waals surface area contributed by atoms with Gasteiger partial charge in [-0.25, -0.2) is 0 Å². The third-order valence-electron chi connectivity index (χ3n) is 1.84. The Kier molecular flexibility index (Phi) is 4.38. The van der Waals surface area contributed by atoms with Gasteiger partial charge < -0.3 is 10.2 Å². The fraction of sp³-hybridized carbons (Fsp3) is 0.444. The molecule has 0 aromatic rings. The second-order valence-electron chi connectivity index (χ2n) is 3.22. The van der Waals surface area contributed by atoms with Crippen LogP contribution >= 0.6 is 45.2 Å². The zero-order valence-electron chi connectivity index (χ0n) is 7.33. The van der Waals surface area contributed by atoms with Crippen LogP contribution in [0, 0.1) is 0 Å². The first-order valence-corrected chi connectivity index (χ1v) is 6.26. The van der Waals surface area contributed by atoms with Gasteiger partial charge in [0.05, 0.1) is 0 Å². The number of alkyl halides is 1. The Bertz CT molecular complexity index is 305. The van der Waals surface area contributed by atoms with Gasteiger partial charge in [0.15, 0.2) is 0 Å². The van der Waals surface area contributed by atoms with Gasteiger partial charge in [0.25, 0.3) is 0 Å². The minimum absolute atomic E-state index is 0.127. The zero-order chi connectivity index (χ0) is 10.8. The number of carboxylic acids is 1. The van der Waals surface area contributed by atoms with Crippen molar-refractivity contribution in [3.8, 4) is 0 Å². The number of allylic oxidation sites excluding steroid dienone is 2. The number of rotatable bonds is 3. The van der Waals surface area contributed by atoms with E-state index in [1.165, 1.54) is 0 Å². The summed E-state index contributed by atoms with van der Waals surface area (Å²) >= 11 is 4.09. The van der Waals surface area contributed by atoms with Crippen LogP contribution in [-0.4, -0.2) is 19.8 Å². The number of aliphatic hydroxyl groups is 1. The first-order chi connectivity index (χ1) is 6.39. The quantitative estimate of drug-likeness (QED) is 0.546. The molecule has 0 amide bonds. The maximum absolute atomic E-state index is 10.4. The lowest BCUT2D eigenvalue weighted by Gasteiger charge is -2.23. The molecule has 2 N–H and O–H groups in total. The molecule has 0 saturated carbocycles. The summed E-state index contributed by atoms with van der Waals surface area (Å²) in [5.74, 6) is -0.799. The standard InChI is InChI=1S/C9H10I2O3/c10-7-3-6(1-2-8(12)13)4-9(11,14)5-7/h3,5,14H,1-2,4H2,(H,12,13). The van der Waals surface area contributed by atoms with E-state index in [9.17, 15) is 9.90 Å². The molecular formula is C9H10I2O3.